The normalized spacial score (nSPS) is 11.2. The maximum absolute atomic E-state index is 11.9. The van der Waals surface area contributed by atoms with E-state index in [0.717, 1.165) is 22.0 Å². The molecule has 6 nitrogen and oxygen atoms in total. The number of aromatic amines is 1. The summed E-state index contributed by atoms with van der Waals surface area (Å²) in [6.45, 7) is 0.315. The lowest BCUT2D eigenvalue weighted by atomic mass is 10.1. The lowest BCUT2D eigenvalue weighted by Gasteiger charge is -2.08. The molecule has 1 aromatic carbocycles. The van der Waals surface area contributed by atoms with Crippen LogP contribution in [0.1, 0.15) is 0 Å². The molecule has 0 atom stereocenters. The Kier molecular flexibility index (Phi) is 3.45. The molecule has 0 fully saturated rings. The first-order valence-electron chi connectivity index (χ1n) is 6.59. The minimum atomic E-state index is -0.0953. The summed E-state index contributed by atoms with van der Waals surface area (Å²) in [6, 6.07) is 7.80. The molecule has 0 saturated carbocycles. The fraction of sp³-hybridized carbons (Fsp3) is 0.200. The van der Waals surface area contributed by atoms with Gasteiger partial charge in [-0.15, -0.1) is 0 Å². The Hall–Kier alpha value is -2.60. The van der Waals surface area contributed by atoms with Crippen molar-refractivity contribution in [1.82, 2.24) is 15.1 Å². The lowest BCUT2D eigenvalue weighted by molar-refractivity contribution is -0.116. The standard InChI is InChI=1S/C15H16N4O2/c1-19(2)8-14(20)16-15-12-7-10(11-5-6-21-9-11)3-4-13(12)17-18-15/h3-7,9H,8H2,1-2H3,(H2,16,17,18,20). The third-order valence-corrected chi connectivity index (χ3v) is 3.14. The number of rotatable bonds is 4. The number of furan rings is 1. The number of H-pyrrole nitrogens is 1. The average molecular weight is 284 g/mol. The number of carbonyl (C=O) groups is 1. The van der Waals surface area contributed by atoms with Crippen molar-refractivity contribution in [2.24, 2.45) is 0 Å². The van der Waals surface area contributed by atoms with E-state index in [1.165, 1.54) is 0 Å². The van der Waals surface area contributed by atoms with E-state index in [9.17, 15) is 4.79 Å². The van der Waals surface area contributed by atoms with Gasteiger partial charge in [-0.3, -0.25) is 9.89 Å². The van der Waals surface area contributed by atoms with E-state index >= 15 is 0 Å². The highest BCUT2D eigenvalue weighted by Gasteiger charge is 2.11. The Bertz CT molecular complexity index is 759. The van der Waals surface area contributed by atoms with Gasteiger partial charge in [-0.25, -0.2) is 0 Å². The van der Waals surface area contributed by atoms with E-state index in [2.05, 4.69) is 15.5 Å². The number of hydrogen-bond acceptors (Lipinski definition) is 4. The fourth-order valence-electron chi connectivity index (χ4n) is 2.18. The Morgan fingerprint density at radius 1 is 1.33 bits per heavy atom. The summed E-state index contributed by atoms with van der Waals surface area (Å²) in [5, 5.41) is 10.8. The topological polar surface area (TPSA) is 74.2 Å². The zero-order valence-corrected chi connectivity index (χ0v) is 11.9. The van der Waals surface area contributed by atoms with Crippen molar-refractivity contribution in [2.45, 2.75) is 0 Å². The number of nitrogens with one attached hydrogen (secondary N) is 2. The van der Waals surface area contributed by atoms with Gasteiger partial charge < -0.3 is 14.6 Å². The molecule has 3 aromatic rings. The Labute approximate surface area is 121 Å². The van der Waals surface area contributed by atoms with Crippen LogP contribution in [0.5, 0.6) is 0 Å². The van der Waals surface area contributed by atoms with Crippen molar-refractivity contribution < 1.29 is 9.21 Å². The second-order valence-corrected chi connectivity index (χ2v) is 5.13. The summed E-state index contributed by atoms with van der Waals surface area (Å²) in [6.07, 6.45) is 3.32. The van der Waals surface area contributed by atoms with Gasteiger partial charge in [0.2, 0.25) is 5.91 Å². The summed E-state index contributed by atoms with van der Waals surface area (Å²) in [5.74, 6) is 0.448. The number of carbonyl (C=O) groups excluding carboxylic acids is 1. The zero-order chi connectivity index (χ0) is 14.8. The lowest BCUT2D eigenvalue weighted by Crippen LogP contribution is -2.27. The molecule has 2 heterocycles. The molecule has 2 N–H and O–H groups in total. The molecule has 0 bridgehead atoms. The van der Waals surface area contributed by atoms with Gasteiger partial charge in [-0.05, 0) is 37.9 Å². The maximum Gasteiger partial charge on any atom is 0.239 e. The summed E-state index contributed by atoms with van der Waals surface area (Å²) in [5.41, 5.74) is 2.88. The quantitative estimate of drug-likeness (QED) is 0.771. The molecule has 0 radical (unpaired) electrons. The first kappa shape index (κ1) is 13.4. The molecule has 108 valence electrons. The van der Waals surface area contributed by atoms with Gasteiger partial charge in [-0.2, -0.15) is 5.10 Å². The molecule has 3 rings (SSSR count). The molecule has 0 aliphatic carbocycles. The van der Waals surface area contributed by atoms with Crippen LogP contribution in [-0.4, -0.2) is 41.6 Å². The van der Waals surface area contributed by atoms with E-state index in [-0.39, 0.29) is 5.91 Å². The van der Waals surface area contributed by atoms with Gasteiger partial charge in [0, 0.05) is 10.9 Å². The third-order valence-electron chi connectivity index (χ3n) is 3.14. The van der Waals surface area contributed by atoms with Crippen molar-refractivity contribution in [1.29, 1.82) is 0 Å². The number of fused-ring (bicyclic) bond motifs is 1. The molecule has 0 saturated heterocycles. The van der Waals surface area contributed by atoms with Crippen molar-refractivity contribution in [3.8, 4) is 11.1 Å². The highest BCUT2D eigenvalue weighted by molar-refractivity contribution is 6.01. The van der Waals surface area contributed by atoms with Gasteiger partial charge in [0.25, 0.3) is 0 Å². The Morgan fingerprint density at radius 3 is 2.90 bits per heavy atom. The number of benzene rings is 1. The Morgan fingerprint density at radius 2 is 2.19 bits per heavy atom. The zero-order valence-electron chi connectivity index (χ0n) is 11.9. The molecular formula is C15H16N4O2. The molecule has 6 heteroatoms. The maximum atomic E-state index is 11.9. The third kappa shape index (κ3) is 2.80. The van der Waals surface area contributed by atoms with Crippen LogP contribution in [0.4, 0.5) is 5.82 Å². The van der Waals surface area contributed by atoms with Gasteiger partial charge in [0.15, 0.2) is 5.82 Å². The smallest absolute Gasteiger partial charge is 0.239 e. The molecule has 0 aliphatic rings. The number of hydrogen-bond donors (Lipinski definition) is 2. The largest absolute Gasteiger partial charge is 0.472 e. The SMILES string of the molecule is CN(C)CC(=O)Nc1n[nH]c2ccc(-c3ccoc3)cc12. The molecule has 0 aliphatic heterocycles. The van der Waals surface area contributed by atoms with Crippen molar-refractivity contribution >= 4 is 22.6 Å². The highest BCUT2D eigenvalue weighted by atomic mass is 16.3. The van der Waals surface area contributed by atoms with E-state index in [4.69, 9.17) is 4.42 Å². The summed E-state index contributed by atoms with van der Waals surface area (Å²) in [4.78, 5) is 13.7. The predicted octanol–water partition coefficient (Wildman–Crippen LogP) is 2.32. The van der Waals surface area contributed by atoms with E-state index < -0.39 is 0 Å². The van der Waals surface area contributed by atoms with Crippen LogP contribution >= 0.6 is 0 Å². The van der Waals surface area contributed by atoms with Crippen molar-refractivity contribution in [3.63, 3.8) is 0 Å². The van der Waals surface area contributed by atoms with Crippen LogP contribution in [0.2, 0.25) is 0 Å². The first-order valence-corrected chi connectivity index (χ1v) is 6.59. The summed E-state index contributed by atoms with van der Waals surface area (Å²) >= 11 is 0. The number of likely N-dealkylation sites (N-methyl/N-ethyl adjacent to an activating group) is 1. The first-order chi connectivity index (χ1) is 10.1. The van der Waals surface area contributed by atoms with Crippen LogP contribution in [0.15, 0.2) is 41.2 Å². The van der Waals surface area contributed by atoms with Crippen LogP contribution in [0, 0.1) is 0 Å². The Balaban J connectivity index is 1.93. The van der Waals surface area contributed by atoms with Crippen LogP contribution in [0.3, 0.4) is 0 Å². The minimum Gasteiger partial charge on any atom is -0.472 e. The van der Waals surface area contributed by atoms with Gasteiger partial charge in [0.05, 0.1) is 24.6 Å². The number of nitrogens with zero attached hydrogens (tertiary/aromatic N) is 2. The molecule has 0 unspecified atom stereocenters. The second-order valence-electron chi connectivity index (χ2n) is 5.13. The summed E-state index contributed by atoms with van der Waals surface area (Å²) < 4.78 is 5.10. The average Bonchev–Trinajstić information content (AvgIpc) is 3.07. The molecule has 0 spiro atoms. The molecule has 1 amide bonds. The fourth-order valence-corrected chi connectivity index (χ4v) is 2.18. The van der Waals surface area contributed by atoms with Gasteiger partial charge in [-0.1, -0.05) is 6.07 Å². The molecular weight excluding hydrogens is 268 g/mol. The van der Waals surface area contributed by atoms with E-state index in [1.807, 2.05) is 38.4 Å². The van der Waals surface area contributed by atoms with E-state index in [0.29, 0.717) is 12.4 Å². The van der Waals surface area contributed by atoms with E-state index in [1.54, 1.807) is 17.4 Å². The number of aromatic nitrogens is 2. The predicted molar refractivity (Wildman–Crippen MR) is 81.0 cm³/mol. The van der Waals surface area contributed by atoms with Crippen LogP contribution in [-0.2, 0) is 4.79 Å². The highest BCUT2D eigenvalue weighted by Crippen LogP contribution is 2.27. The second kappa shape index (κ2) is 5.41. The number of anilines is 1. The minimum absolute atomic E-state index is 0.0953. The van der Waals surface area contributed by atoms with Crippen LogP contribution in [0.25, 0.3) is 22.0 Å². The monoisotopic (exact) mass is 284 g/mol. The van der Waals surface area contributed by atoms with Gasteiger partial charge in [0.1, 0.15) is 0 Å². The van der Waals surface area contributed by atoms with Crippen molar-refractivity contribution in [3.05, 3.63) is 36.8 Å². The molecule has 2 aromatic heterocycles. The van der Waals surface area contributed by atoms with Gasteiger partial charge >= 0.3 is 0 Å². The number of amides is 1. The summed E-state index contributed by atoms with van der Waals surface area (Å²) in [7, 11) is 3.69. The molecule has 21 heavy (non-hydrogen) atoms. The van der Waals surface area contributed by atoms with Crippen LogP contribution < -0.4 is 5.32 Å². The van der Waals surface area contributed by atoms with Crippen molar-refractivity contribution in [2.75, 3.05) is 26.0 Å².